The van der Waals surface area contributed by atoms with Crippen molar-refractivity contribution < 1.29 is 18.0 Å². The molecule has 3 rings (SSSR count). The van der Waals surface area contributed by atoms with Gasteiger partial charge in [0.15, 0.2) is 0 Å². The van der Waals surface area contributed by atoms with Crippen molar-refractivity contribution in [1.82, 2.24) is 15.5 Å². The van der Waals surface area contributed by atoms with E-state index in [4.69, 9.17) is 0 Å². The predicted molar refractivity (Wildman–Crippen MR) is 77.6 cm³/mol. The summed E-state index contributed by atoms with van der Waals surface area (Å²) in [5, 5.41) is 9.75. The third kappa shape index (κ3) is 3.38. The lowest BCUT2D eigenvalue weighted by Gasteiger charge is -2.12. The zero-order valence-electron chi connectivity index (χ0n) is 12.3. The van der Waals surface area contributed by atoms with Crippen molar-refractivity contribution >= 4 is 5.91 Å². The Labute approximate surface area is 131 Å². The van der Waals surface area contributed by atoms with E-state index in [2.05, 4.69) is 15.5 Å². The van der Waals surface area contributed by atoms with Gasteiger partial charge in [0.1, 0.15) is 0 Å². The molecule has 1 aliphatic rings. The lowest BCUT2D eigenvalue weighted by molar-refractivity contribution is -0.138. The fourth-order valence-corrected chi connectivity index (χ4v) is 2.90. The number of alkyl halides is 3. The van der Waals surface area contributed by atoms with Crippen LogP contribution in [0, 0.1) is 0 Å². The maximum Gasteiger partial charge on any atom is 0.416 e. The largest absolute Gasteiger partial charge is 0.416 e. The van der Waals surface area contributed by atoms with Gasteiger partial charge < -0.3 is 5.32 Å². The number of H-pyrrole nitrogens is 1. The van der Waals surface area contributed by atoms with Gasteiger partial charge in [-0.25, -0.2) is 0 Å². The predicted octanol–water partition coefficient (Wildman–Crippen LogP) is 2.78. The normalized spacial score (nSPS) is 13.9. The van der Waals surface area contributed by atoms with E-state index in [9.17, 15) is 18.0 Å². The molecule has 0 atom stereocenters. The summed E-state index contributed by atoms with van der Waals surface area (Å²) < 4.78 is 38.7. The van der Waals surface area contributed by atoms with Crippen LogP contribution < -0.4 is 5.32 Å². The van der Waals surface area contributed by atoms with Crippen LogP contribution in [0.25, 0.3) is 0 Å². The van der Waals surface area contributed by atoms with Crippen LogP contribution in [0.15, 0.2) is 24.3 Å². The van der Waals surface area contributed by atoms with E-state index in [1.165, 1.54) is 18.2 Å². The molecular weight excluding hydrogens is 307 g/mol. The molecule has 1 heterocycles. The summed E-state index contributed by atoms with van der Waals surface area (Å²) in [6.07, 6.45) is -1.82. The molecule has 0 aliphatic heterocycles. The first-order valence-electron chi connectivity index (χ1n) is 7.42. The van der Waals surface area contributed by atoms with E-state index in [-0.39, 0.29) is 18.5 Å². The number of aromatic nitrogens is 2. The molecule has 23 heavy (non-hydrogen) atoms. The Balaban J connectivity index is 1.64. The van der Waals surface area contributed by atoms with E-state index >= 15 is 0 Å². The molecule has 1 aromatic heterocycles. The van der Waals surface area contributed by atoms with Crippen LogP contribution in [0.2, 0.25) is 0 Å². The molecule has 7 heteroatoms. The number of aryl methyl sites for hydroxylation is 1. The van der Waals surface area contributed by atoms with Crippen LogP contribution in [0.3, 0.4) is 0 Å². The number of carbonyl (C=O) groups excluding carboxylic acids is 1. The quantitative estimate of drug-likeness (QED) is 0.909. The molecule has 1 aromatic carbocycles. The van der Waals surface area contributed by atoms with Crippen LogP contribution >= 0.6 is 0 Å². The molecule has 2 N–H and O–H groups in total. The second kappa shape index (κ2) is 6.06. The first kappa shape index (κ1) is 15.6. The molecule has 0 fully saturated rings. The molecule has 1 amide bonds. The number of hydrogen-bond acceptors (Lipinski definition) is 2. The summed E-state index contributed by atoms with van der Waals surface area (Å²) >= 11 is 0. The number of aromatic amines is 1. The fraction of sp³-hybridized carbons (Fsp3) is 0.375. The summed E-state index contributed by atoms with van der Waals surface area (Å²) in [4.78, 5) is 12.0. The standard InChI is InChI=1S/C16H16F3N3O/c17-16(18,19)12-6-2-1-4-10(12)8-15(23)20-9-14-11-5-3-7-13(11)21-22-14/h1-2,4,6H,3,5,7-9H2,(H,20,23)(H,21,22). The van der Waals surface area contributed by atoms with Crippen molar-refractivity contribution in [3.8, 4) is 0 Å². The second-order valence-corrected chi connectivity index (χ2v) is 5.59. The zero-order valence-corrected chi connectivity index (χ0v) is 12.3. The highest BCUT2D eigenvalue weighted by molar-refractivity contribution is 5.79. The highest BCUT2D eigenvalue weighted by Gasteiger charge is 2.33. The number of nitrogens with one attached hydrogen (secondary N) is 2. The average Bonchev–Trinajstić information content (AvgIpc) is 3.08. The van der Waals surface area contributed by atoms with Crippen LogP contribution in [0.4, 0.5) is 13.2 Å². The first-order valence-corrected chi connectivity index (χ1v) is 7.42. The number of hydrogen-bond donors (Lipinski definition) is 2. The molecule has 0 spiro atoms. The van der Waals surface area contributed by atoms with Gasteiger partial charge in [-0.05, 0) is 36.5 Å². The molecule has 0 unspecified atom stereocenters. The van der Waals surface area contributed by atoms with Gasteiger partial charge in [0, 0.05) is 5.69 Å². The summed E-state index contributed by atoms with van der Waals surface area (Å²) in [6, 6.07) is 5.13. The number of benzene rings is 1. The van der Waals surface area contributed by atoms with Gasteiger partial charge in [-0.1, -0.05) is 18.2 Å². The summed E-state index contributed by atoms with van der Waals surface area (Å²) in [7, 11) is 0. The first-order chi connectivity index (χ1) is 10.9. The van der Waals surface area contributed by atoms with Crippen molar-refractivity contribution in [2.45, 2.75) is 38.4 Å². The number of carbonyl (C=O) groups is 1. The van der Waals surface area contributed by atoms with Crippen LogP contribution in [-0.2, 0) is 36.8 Å². The van der Waals surface area contributed by atoms with Crippen LogP contribution in [-0.4, -0.2) is 16.1 Å². The van der Waals surface area contributed by atoms with Crippen LogP contribution in [0.5, 0.6) is 0 Å². The smallest absolute Gasteiger partial charge is 0.350 e. The van der Waals surface area contributed by atoms with Gasteiger partial charge in [-0.15, -0.1) is 0 Å². The number of nitrogens with zero attached hydrogens (tertiary/aromatic N) is 1. The molecule has 122 valence electrons. The highest BCUT2D eigenvalue weighted by Crippen LogP contribution is 2.32. The lowest BCUT2D eigenvalue weighted by Crippen LogP contribution is -2.26. The maximum atomic E-state index is 12.9. The summed E-state index contributed by atoms with van der Waals surface area (Å²) in [5.74, 6) is -0.448. The van der Waals surface area contributed by atoms with E-state index in [1.54, 1.807) is 0 Å². The van der Waals surface area contributed by atoms with E-state index in [0.29, 0.717) is 0 Å². The fourth-order valence-electron chi connectivity index (χ4n) is 2.90. The minimum absolute atomic E-state index is 0.0234. The van der Waals surface area contributed by atoms with Crippen molar-refractivity contribution in [2.75, 3.05) is 0 Å². The second-order valence-electron chi connectivity index (χ2n) is 5.59. The Hall–Kier alpha value is -2.31. The van der Waals surface area contributed by atoms with E-state index in [0.717, 1.165) is 42.3 Å². The Morgan fingerprint density at radius 1 is 1.26 bits per heavy atom. The topological polar surface area (TPSA) is 57.8 Å². The zero-order chi connectivity index (χ0) is 16.4. The monoisotopic (exact) mass is 323 g/mol. The van der Waals surface area contributed by atoms with Crippen molar-refractivity contribution in [3.05, 3.63) is 52.3 Å². The molecule has 0 radical (unpaired) electrons. The Morgan fingerprint density at radius 2 is 2.04 bits per heavy atom. The molecule has 0 bridgehead atoms. The SMILES string of the molecule is O=C(Cc1ccccc1C(F)(F)F)NCc1n[nH]c2c1CCC2. The molecular formula is C16H16F3N3O. The summed E-state index contributed by atoms with van der Waals surface area (Å²) in [6.45, 7) is 0.235. The number of amides is 1. The van der Waals surface area contributed by atoms with Crippen molar-refractivity contribution in [2.24, 2.45) is 0 Å². The van der Waals surface area contributed by atoms with Gasteiger partial charge in [0.25, 0.3) is 0 Å². The van der Waals surface area contributed by atoms with Gasteiger partial charge in [0.2, 0.25) is 5.91 Å². The minimum Gasteiger partial charge on any atom is -0.350 e. The average molecular weight is 323 g/mol. The summed E-state index contributed by atoms with van der Waals surface area (Å²) in [5.41, 5.74) is 2.20. The van der Waals surface area contributed by atoms with Gasteiger partial charge in [0.05, 0.1) is 24.2 Å². The van der Waals surface area contributed by atoms with Gasteiger partial charge >= 0.3 is 6.18 Å². The maximum absolute atomic E-state index is 12.9. The third-order valence-electron chi connectivity index (χ3n) is 4.02. The lowest BCUT2D eigenvalue weighted by atomic mass is 10.0. The van der Waals surface area contributed by atoms with Crippen molar-refractivity contribution in [1.29, 1.82) is 0 Å². The van der Waals surface area contributed by atoms with Crippen molar-refractivity contribution in [3.63, 3.8) is 0 Å². The Morgan fingerprint density at radius 3 is 2.83 bits per heavy atom. The Bertz CT molecular complexity index is 722. The number of rotatable bonds is 4. The molecule has 0 saturated heterocycles. The molecule has 4 nitrogen and oxygen atoms in total. The Kier molecular flexibility index (Phi) is 4.11. The molecule has 2 aromatic rings. The minimum atomic E-state index is -4.46. The molecule has 0 saturated carbocycles. The highest BCUT2D eigenvalue weighted by atomic mass is 19.4. The van der Waals surface area contributed by atoms with Gasteiger partial charge in [-0.3, -0.25) is 9.89 Å². The van der Waals surface area contributed by atoms with E-state index < -0.39 is 17.6 Å². The third-order valence-corrected chi connectivity index (χ3v) is 4.02. The number of fused-ring (bicyclic) bond motifs is 1. The molecule has 1 aliphatic carbocycles. The van der Waals surface area contributed by atoms with Gasteiger partial charge in [-0.2, -0.15) is 18.3 Å². The van der Waals surface area contributed by atoms with E-state index in [1.807, 2.05) is 0 Å². The van der Waals surface area contributed by atoms with Crippen LogP contribution in [0.1, 0.15) is 34.5 Å². The number of halogens is 3.